The van der Waals surface area contributed by atoms with Gasteiger partial charge in [-0.3, -0.25) is 0 Å². The summed E-state index contributed by atoms with van der Waals surface area (Å²) in [5.41, 5.74) is 4.95. The molecule has 0 aliphatic rings. The minimum atomic E-state index is 1.01. The van der Waals surface area contributed by atoms with E-state index in [4.69, 9.17) is 5.73 Å². The SMILES string of the molecule is NC=CCI. The second kappa shape index (κ2) is 4.27. The maximum atomic E-state index is 4.95. The maximum absolute atomic E-state index is 4.95. The van der Waals surface area contributed by atoms with Gasteiger partial charge in [-0.25, -0.2) is 0 Å². The summed E-state index contributed by atoms with van der Waals surface area (Å²) in [5.74, 6) is 0. The molecule has 0 aliphatic carbocycles. The zero-order valence-corrected chi connectivity index (χ0v) is 4.97. The normalized spacial score (nSPS) is 9.80. The van der Waals surface area contributed by atoms with E-state index in [-0.39, 0.29) is 0 Å². The van der Waals surface area contributed by atoms with Crippen LogP contribution < -0.4 is 5.73 Å². The molecule has 0 bridgehead atoms. The molecule has 0 heterocycles. The van der Waals surface area contributed by atoms with E-state index in [0.29, 0.717) is 0 Å². The average molecular weight is 183 g/mol. The number of nitrogens with two attached hydrogens (primary N) is 1. The molecule has 0 aromatic heterocycles. The van der Waals surface area contributed by atoms with Gasteiger partial charge in [0.05, 0.1) is 0 Å². The van der Waals surface area contributed by atoms with Crippen molar-refractivity contribution >= 4 is 22.6 Å². The molecule has 30 valence electrons. The Bertz CT molecular complexity index is 33.9. The average Bonchev–Trinajstić information content (AvgIpc) is 1.41. The highest BCUT2D eigenvalue weighted by Crippen LogP contribution is 1.77. The number of rotatable bonds is 1. The Morgan fingerprint density at radius 3 is 2.40 bits per heavy atom. The van der Waals surface area contributed by atoms with E-state index in [1.807, 2.05) is 6.08 Å². The molecular weight excluding hydrogens is 177 g/mol. The molecule has 0 aromatic rings. The predicted molar refractivity (Wildman–Crippen MR) is 32.2 cm³/mol. The third-order valence-electron chi connectivity index (χ3n) is 0.225. The van der Waals surface area contributed by atoms with Gasteiger partial charge in [-0.1, -0.05) is 28.7 Å². The predicted octanol–water partition coefficient (Wildman–Crippen LogP) is 0.894. The fourth-order valence-corrected chi connectivity index (χ4v) is 0.345. The molecule has 0 radical (unpaired) electrons. The van der Waals surface area contributed by atoms with Crippen molar-refractivity contribution in [3.8, 4) is 0 Å². The second-order valence-corrected chi connectivity index (χ2v) is 1.46. The summed E-state index contributed by atoms with van der Waals surface area (Å²) in [5, 5.41) is 0. The lowest BCUT2D eigenvalue weighted by Crippen LogP contribution is -1.73. The van der Waals surface area contributed by atoms with Crippen LogP contribution in [0, 0.1) is 0 Å². The van der Waals surface area contributed by atoms with Crippen LogP contribution in [-0.2, 0) is 0 Å². The van der Waals surface area contributed by atoms with Gasteiger partial charge in [0.15, 0.2) is 0 Å². The van der Waals surface area contributed by atoms with Crippen LogP contribution in [0.5, 0.6) is 0 Å². The zero-order valence-electron chi connectivity index (χ0n) is 2.82. The number of alkyl halides is 1. The highest BCUT2D eigenvalue weighted by atomic mass is 127. The lowest BCUT2D eigenvalue weighted by Gasteiger charge is -1.64. The van der Waals surface area contributed by atoms with Gasteiger partial charge in [-0.2, -0.15) is 0 Å². The van der Waals surface area contributed by atoms with Crippen LogP contribution in [0.1, 0.15) is 0 Å². The molecular formula is C3H6IN. The molecule has 0 rings (SSSR count). The lowest BCUT2D eigenvalue weighted by molar-refractivity contribution is 1.57. The van der Waals surface area contributed by atoms with Gasteiger partial charge < -0.3 is 5.73 Å². The molecule has 0 amide bonds. The number of hydrogen-bond donors (Lipinski definition) is 1. The van der Waals surface area contributed by atoms with Crippen LogP contribution in [-0.4, -0.2) is 4.43 Å². The monoisotopic (exact) mass is 183 g/mol. The number of halogens is 1. The summed E-state index contributed by atoms with van der Waals surface area (Å²) in [6, 6.07) is 0. The van der Waals surface area contributed by atoms with Gasteiger partial charge in [0.25, 0.3) is 0 Å². The fourth-order valence-electron chi connectivity index (χ4n) is 0.0514. The van der Waals surface area contributed by atoms with Gasteiger partial charge in [-0.15, -0.1) is 0 Å². The van der Waals surface area contributed by atoms with Crippen molar-refractivity contribution in [3.05, 3.63) is 12.3 Å². The first-order valence-electron chi connectivity index (χ1n) is 1.34. The molecule has 0 spiro atoms. The Balaban J connectivity index is 2.62. The molecule has 2 N–H and O–H groups in total. The van der Waals surface area contributed by atoms with Crippen molar-refractivity contribution in [2.75, 3.05) is 4.43 Å². The van der Waals surface area contributed by atoms with E-state index < -0.39 is 0 Å². The third kappa shape index (κ3) is 4.27. The van der Waals surface area contributed by atoms with Crippen LogP contribution in [0.2, 0.25) is 0 Å². The molecule has 0 saturated carbocycles. The van der Waals surface area contributed by atoms with E-state index in [2.05, 4.69) is 22.6 Å². The first-order chi connectivity index (χ1) is 2.41. The van der Waals surface area contributed by atoms with E-state index >= 15 is 0 Å². The summed E-state index contributed by atoms with van der Waals surface area (Å²) in [7, 11) is 0. The summed E-state index contributed by atoms with van der Waals surface area (Å²) in [4.78, 5) is 0. The maximum Gasteiger partial charge on any atom is 0.0192 e. The quantitative estimate of drug-likeness (QED) is 0.474. The van der Waals surface area contributed by atoms with Crippen molar-refractivity contribution in [1.29, 1.82) is 0 Å². The van der Waals surface area contributed by atoms with Gasteiger partial charge in [-0.05, 0) is 6.20 Å². The van der Waals surface area contributed by atoms with Crippen LogP contribution in [0.25, 0.3) is 0 Å². The highest BCUT2D eigenvalue weighted by Gasteiger charge is 1.54. The smallest absolute Gasteiger partial charge is 0.0192 e. The summed E-state index contributed by atoms with van der Waals surface area (Å²) in [6.45, 7) is 0. The molecule has 0 unspecified atom stereocenters. The van der Waals surface area contributed by atoms with Crippen molar-refractivity contribution in [1.82, 2.24) is 0 Å². The minimum absolute atomic E-state index is 1.01. The Morgan fingerprint density at radius 1 is 1.80 bits per heavy atom. The first kappa shape index (κ1) is 5.27. The van der Waals surface area contributed by atoms with Crippen molar-refractivity contribution in [2.45, 2.75) is 0 Å². The Morgan fingerprint density at radius 2 is 2.40 bits per heavy atom. The van der Waals surface area contributed by atoms with Crippen LogP contribution in [0.15, 0.2) is 12.3 Å². The van der Waals surface area contributed by atoms with Gasteiger partial charge in [0, 0.05) is 4.43 Å². The van der Waals surface area contributed by atoms with E-state index in [1.165, 1.54) is 0 Å². The standard InChI is InChI=1S/C3H6IN/c4-2-1-3-5/h1,3H,2,5H2. The van der Waals surface area contributed by atoms with Crippen molar-refractivity contribution < 1.29 is 0 Å². The van der Waals surface area contributed by atoms with Crippen LogP contribution in [0.3, 0.4) is 0 Å². The third-order valence-corrected chi connectivity index (χ3v) is 0.734. The summed E-state index contributed by atoms with van der Waals surface area (Å²) >= 11 is 2.22. The number of hydrogen-bond acceptors (Lipinski definition) is 1. The highest BCUT2D eigenvalue weighted by molar-refractivity contribution is 14.1. The van der Waals surface area contributed by atoms with Crippen molar-refractivity contribution in [3.63, 3.8) is 0 Å². The Kier molecular flexibility index (Phi) is 4.50. The molecule has 0 fully saturated rings. The largest absolute Gasteiger partial charge is 0.405 e. The second-order valence-electron chi connectivity index (χ2n) is 0.582. The first-order valence-corrected chi connectivity index (χ1v) is 2.87. The molecule has 2 heteroatoms. The molecule has 0 aliphatic heterocycles. The Labute approximate surface area is 45.4 Å². The topological polar surface area (TPSA) is 26.0 Å². The Hall–Kier alpha value is 0.270. The van der Waals surface area contributed by atoms with E-state index in [0.717, 1.165) is 4.43 Å². The van der Waals surface area contributed by atoms with E-state index in [1.54, 1.807) is 6.20 Å². The molecule has 0 aromatic carbocycles. The molecule has 0 atom stereocenters. The number of allylic oxidation sites excluding steroid dienone is 1. The van der Waals surface area contributed by atoms with Gasteiger partial charge in [0.2, 0.25) is 0 Å². The molecule has 5 heavy (non-hydrogen) atoms. The summed E-state index contributed by atoms with van der Waals surface area (Å²) < 4.78 is 1.01. The van der Waals surface area contributed by atoms with Crippen molar-refractivity contribution in [2.24, 2.45) is 5.73 Å². The van der Waals surface area contributed by atoms with Crippen LogP contribution in [0.4, 0.5) is 0 Å². The molecule has 0 saturated heterocycles. The van der Waals surface area contributed by atoms with E-state index in [9.17, 15) is 0 Å². The zero-order chi connectivity index (χ0) is 4.12. The minimum Gasteiger partial charge on any atom is -0.405 e. The van der Waals surface area contributed by atoms with Gasteiger partial charge in [0.1, 0.15) is 0 Å². The summed E-state index contributed by atoms with van der Waals surface area (Å²) in [6.07, 6.45) is 3.44. The van der Waals surface area contributed by atoms with Gasteiger partial charge >= 0.3 is 0 Å². The molecule has 1 nitrogen and oxygen atoms in total. The lowest BCUT2D eigenvalue weighted by atomic mass is 10.7. The van der Waals surface area contributed by atoms with Crippen LogP contribution >= 0.6 is 22.6 Å². The fraction of sp³-hybridized carbons (Fsp3) is 0.333.